The standard InChI is InChI=1S/C15H25N3O2/c1-5-18(6-2)9-10-20-14-8-7-12(11-13(14)16)15(19)17(3)4/h7-8,11H,5-6,9-10,16H2,1-4H3. The quantitative estimate of drug-likeness (QED) is 0.772. The van der Waals surface area contributed by atoms with Crippen molar-refractivity contribution in [3.8, 4) is 5.75 Å². The first-order valence-corrected chi connectivity index (χ1v) is 6.95. The number of nitrogens with two attached hydrogens (primary N) is 1. The summed E-state index contributed by atoms with van der Waals surface area (Å²) in [4.78, 5) is 15.6. The molecule has 1 amide bonds. The molecule has 5 nitrogen and oxygen atoms in total. The van der Waals surface area contributed by atoms with Crippen molar-refractivity contribution in [2.45, 2.75) is 13.8 Å². The number of rotatable bonds is 7. The second-order valence-corrected chi connectivity index (χ2v) is 4.83. The van der Waals surface area contributed by atoms with E-state index < -0.39 is 0 Å². The van der Waals surface area contributed by atoms with Crippen molar-refractivity contribution in [3.05, 3.63) is 23.8 Å². The molecule has 0 aromatic heterocycles. The van der Waals surface area contributed by atoms with Gasteiger partial charge in [-0.3, -0.25) is 4.79 Å². The van der Waals surface area contributed by atoms with E-state index in [2.05, 4.69) is 18.7 Å². The summed E-state index contributed by atoms with van der Waals surface area (Å²) >= 11 is 0. The Bertz CT molecular complexity index is 443. The van der Waals surface area contributed by atoms with Gasteiger partial charge in [0, 0.05) is 26.2 Å². The summed E-state index contributed by atoms with van der Waals surface area (Å²) in [5.74, 6) is 0.568. The minimum atomic E-state index is -0.0635. The Hall–Kier alpha value is -1.75. The van der Waals surface area contributed by atoms with Crippen LogP contribution in [0.1, 0.15) is 24.2 Å². The van der Waals surface area contributed by atoms with E-state index in [4.69, 9.17) is 10.5 Å². The Balaban J connectivity index is 2.62. The fourth-order valence-corrected chi connectivity index (χ4v) is 1.90. The number of amides is 1. The Kier molecular flexibility index (Phi) is 6.31. The first-order valence-electron chi connectivity index (χ1n) is 6.95. The topological polar surface area (TPSA) is 58.8 Å². The van der Waals surface area contributed by atoms with Crippen LogP contribution in [0, 0.1) is 0 Å². The zero-order valence-electron chi connectivity index (χ0n) is 12.8. The molecule has 0 heterocycles. The Morgan fingerprint density at radius 2 is 1.90 bits per heavy atom. The van der Waals surface area contributed by atoms with Gasteiger partial charge in [-0.1, -0.05) is 13.8 Å². The summed E-state index contributed by atoms with van der Waals surface area (Å²) in [6.07, 6.45) is 0. The SMILES string of the molecule is CCN(CC)CCOc1ccc(C(=O)N(C)C)cc1N. The molecular formula is C15H25N3O2. The van der Waals surface area contributed by atoms with Crippen molar-refractivity contribution in [1.82, 2.24) is 9.80 Å². The van der Waals surface area contributed by atoms with Crippen LogP contribution < -0.4 is 10.5 Å². The van der Waals surface area contributed by atoms with Crippen molar-refractivity contribution in [1.29, 1.82) is 0 Å². The van der Waals surface area contributed by atoms with Gasteiger partial charge in [0.05, 0.1) is 5.69 Å². The molecule has 2 N–H and O–H groups in total. The van der Waals surface area contributed by atoms with Crippen LogP contribution in [0.4, 0.5) is 5.69 Å². The molecule has 0 bridgehead atoms. The Labute approximate surface area is 121 Å². The minimum absolute atomic E-state index is 0.0635. The molecule has 5 heteroatoms. The van der Waals surface area contributed by atoms with E-state index in [1.807, 2.05) is 0 Å². The summed E-state index contributed by atoms with van der Waals surface area (Å²) in [5.41, 5.74) is 7.00. The molecule has 0 aliphatic heterocycles. The van der Waals surface area contributed by atoms with E-state index >= 15 is 0 Å². The molecule has 0 aliphatic rings. The van der Waals surface area contributed by atoms with Crippen LogP contribution >= 0.6 is 0 Å². The molecule has 0 saturated carbocycles. The van der Waals surface area contributed by atoms with Gasteiger partial charge in [0.15, 0.2) is 0 Å². The summed E-state index contributed by atoms with van der Waals surface area (Å²) in [6, 6.07) is 5.16. The molecule has 0 fully saturated rings. The number of benzene rings is 1. The number of carbonyl (C=O) groups excluding carboxylic acids is 1. The van der Waals surface area contributed by atoms with E-state index in [0.717, 1.165) is 19.6 Å². The van der Waals surface area contributed by atoms with Gasteiger partial charge in [0.25, 0.3) is 5.91 Å². The normalized spacial score (nSPS) is 10.7. The third-order valence-corrected chi connectivity index (χ3v) is 3.22. The summed E-state index contributed by atoms with van der Waals surface area (Å²) < 4.78 is 5.67. The highest BCUT2D eigenvalue weighted by molar-refractivity contribution is 5.95. The van der Waals surface area contributed by atoms with E-state index in [-0.39, 0.29) is 5.91 Å². The molecular weight excluding hydrogens is 254 g/mol. The van der Waals surface area contributed by atoms with Gasteiger partial charge in [-0.25, -0.2) is 0 Å². The monoisotopic (exact) mass is 279 g/mol. The fourth-order valence-electron chi connectivity index (χ4n) is 1.90. The third-order valence-electron chi connectivity index (χ3n) is 3.22. The number of likely N-dealkylation sites (N-methyl/N-ethyl adjacent to an activating group) is 1. The van der Waals surface area contributed by atoms with Crippen molar-refractivity contribution in [2.24, 2.45) is 0 Å². The first-order chi connectivity index (χ1) is 9.49. The number of hydrogen-bond acceptors (Lipinski definition) is 4. The molecule has 0 saturated heterocycles. The Morgan fingerprint density at radius 3 is 2.40 bits per heavy atom. The number of hydrogen-bond donors (Lipinski definition) is 1. The highest BCUT2D eigenvalue weighted by Gasteiger charge is 2.10. The molecule has 1 aromatic carbocycles. The smallest absolute Gasteiger partial charge is 0.253 e. The van der Waals surface area contributed by atoms with Crippen LogP contribution in [0.25, 0.3) is 0 Å². The average Bonchev–Trinajstić information content (AvgIpc) is 2.44. The zero-order chi connectivity index (χ0) is 15.1. The number of anilines is 1. The van der Waals surface area contributed by atoms with Gasteiger partial charge < -0.3 is 20.3 Å². The maximum absolute atomic E-state index is 11.8. The molecule has 0 radical (unpaired) electrons. The maximum atomic E-state index is 11.8. The molecule has 1 rings (SSSR count). The van der Waals surface area contributed by atoms with Gasteiger partial charge in [-0.15, -0.1) is 0 Å². The van der Waals surface area contributed by atoms with Gasteiger partial charge in [0.1, 0.15) is 12.4 Å². The maximum Gasteiger partial charge on any atom is 0.253 e. The van der Waals surface area contributed by atoms with Gasteiger partial charge in [0.2, 0.25) is 0 Å². The lowest BCUT2D eigenvalue weighted by Crippen LogP contribution is -2.28. The minimum Gasteiger partial charge on any atom is -0.490 e. The summed E-state index contributed by atoms with van der Waals surface area (Å²) in [5, 5.41) is 0. The second kappa shape index (κ2) is 7.75. The van der Waals surface area contributed by atoms with Crippen LogP contribution in [0.2, 0.25) is 0 Å². The molecule has 1 aromatic rings. The third kappa shape index (κ3) is 4.42. The molecule has 0 unspecified atom stereocenters. The summed E-state index contributed by atoms with van der Waals surface area (Å²) in [7, 11) is 3.43. The molecule has 20 heavy (non-hydrogen) atoms. The largest absolute Gasteiger partial charge is 0.490 e. The van der Waals surface area contributed by atoms with E-state index in [1.165, 1.54) is 4.90 Å². The van der Waals surface area contributed by atoms with E-state index in [9.17, 15) is 4.79 Å². The lowest BCUT2D eigenvalue weighted by Gasteiger charge is -2.18. The first kappa shape index (κ1) is 16.3. The van der Waals surface area contributed by atoms with Gasteiger partial charge >= 0.3 is 0 Å². The highest BCUT2D eigenvalue weighted by Crippen LogP contribution is 2.23. The predicted octanol–water partition coefficient (Wildman–Crippen LogP) is 1.69. The summed E-state index contributed by atoms with van der Waals surface area (Å²) in [6.45, 7) is 7.72. The predicted molar refractivity (Wildman–Crippen MR) is 82.2 cm³/mol. The van der Waals surface area contributed by atoms with Gasteiger partial charge in [-0.05, 0) is 31.3 Å². The van der Waals surface area contributed by atoms with Crippen LogP contribution in [0.3, 0.4) is 0 Å². The van der Waals surface area contributed by atoms with Crippen molar-refractivity contribution in [3.63, 3.8) is 0 Å². The number of nitrogen functional groups attached to an aromatic ring is 1. The van der Waals surface area contributed by atoms with Crippen LogP contribution in [-0.4, -0.2) is 56.0 Å². The van der Waals surface area contributed by atoms with Crippen molar-refractivity contribution < 1.29 is 9.53 Å². The molecule has 112 valence electrons. The average molecular weight is 279 g/mol. The number of carbonyl (C=O) groups is 1. The van der Waals surface area contributed by atoms with Crippen molar-refractivity contribution >= 4 is 11.6 Å². The zero-order valence-corrected chi connectivity index (χ0v) is 12.8. The van der Waals surface area contributed by atoms with Crippen LogP contribution in [-0.2, 0) is 0 Å². The van der Waals surface area contributed by atoms with E-state index in [1.54, 1.807) is 32.3 Å². The molecule has 0 atom stereocenters. The van der Waals surface area contributed by atoms with Crippen LogP contribution in [0.5, 0.6) is 5.75 Å². The number of ether oxygens (including phenoxy) is 1. The van der Waals surface area contributed by atoms with E-state index in [0.29, 0.717) is 23.6 Å². The Morgan fingerprint density at radius 1 is 1.25 bits per heavy atom. The molecule has 0 spiro atoms. The van der Waals surface area contributed by atoms with Crippen LogP contribution in [0.15, 0.2) is 18.2 Å². The number of nitrogens with zero attached hydrogens (tertiary/aromatic N) is 2. The van der Waals surface area contributed by atoms with Crippen molar-refractivity contribution in [2.75, 3.05) is 46.1 Å². The lowest BCUT2D eigenvalue weighted by atomic mass is 10.1. The second-order valence-electron chi connectivity index (χ2n) is 4.83. The highest BCUT2D eigenvalue weighted by atomic mass is 16.5. The lowest BCUT2D eigenvalue weighted by molar-refractivity contribution is 0.0827. The fraction of sp³-hybridized carbons (Fsp3) is 0.533. The molecule has 0 aliphatic carbocycles. The van der Waals surface area contributed by atoms with Gasteiger partial charge in [-0.2, -0.15) is 0 Å².